The fourth-order valence-electron chi connectivity index (χ4n) is 0.896. The van der Waals surface area contributed by atoms with Gasteiger partial charge in [-0.15, -0.1) is 0 Å². The lowest BCUT2D eigenvalue weighted by molar-refractivity contribution is -0.145. The van der Waals surface area contributed by atoms with Gasteiger partial charge >= 0.3 is 6.03 Å². The lowest BCUT2D eigenvalue weighted by Crippen LogP contribution is -2.60. The Morgan fingerprint density at radius 3 is 2.43 bits per heavy atom. The van der Waals surface area contributed by atoms with Crippen LogP contribution < -0.4 is 5.32 Å². The molecule has 0 aromatic carbocycles. The van der Waals surface area contributed by atoms with E-state index in [2.05, 4.69) is 0 Å². The van der Waals surface area contributed by atoms with Gasteiger partial charge in [0.2, 0.25) is 0 Å². The van der Waals surface area contributed by atoms with Gasteiger partial charge < -0.3 is 0 Å². The number of imide groups is 2. The fourth-order valence-corrected chi connectivity index (χ4v) is 0.896. The number of nitrogens with one attached hydrogen (secondary N) is 1. The number of amides is 4. The molecule has 0 spiro atoms. The molecule has 0 aromatic heterocycles. The number of alkyl halides is 3. The van der Waals surface area contributed by atoms with Crippen LogP contribution in [-0.2, 0) is 9.59 Å². The molecular weight excluding hydrogens is 205 g/mol. The minimum absolute atomic E-state index is 0.0310. The third-order valence-corrected chi connectivity index (χ3v) is 1.51. The van der Waals surface area contributed by atoms with Crippen LogP contribution in [0.15, 0.2) is 0 Å². The Kier molecular flexibility index (Phi) is 2.73. The smallest absolute Gasteiger partial charge is 0.275 e. The first-order valence-electron chi connectivity index (χ1n) is 3.52. The second kappa shape index (κ2) is 3.64. The Morgan fingerprint density at radius 1 is 1.36 bits per heavy atom. The van der Waals surface area contributed by atoms with E-state index in [4.69, 9.17) is 0 Å². The number of barbiturate groups is 1. The maximum Gasteiger partial charge on any atom is 0.331 e. The molecule has 0 bridgehead atoms. The topological polar surface area (TPSA) is 66.5 Å². The van der Waals surface area contributed by atoms with Gasteiger partial charge in [-0.1, -0.05) is 0 Å². The van der Waals surface area contributed by atoms with Crippen molar-refractivity contribution in [1.29, 1.82) is 0 Å². The summed E-state index contributed by atoms with van der Waals surface area (Å²) in [5, 5.41) is 1.43. The first-order chi connectivity index (χ1) is 6.43. The summed E-state index contributed by atoms with van der Waals surface area (Å²) in [6, 6.07) is -1.32. The predicted octanol–water partition coefficient (Wildman–Crippen LogP) is -0.332. The summed E-state index contributed by atoms with van der Waals surface area (Å²) in [5.74, 6) is -2.98. The molecule has 1 fully saturated rings. The van der Waals surface area contributed by atoms with Crippen molar-refractivity contribution in [3.63, 3.8) is 0 Å². The Balaban J connectivity index is 2.79. The molecule has 1 heterocycles. The average molecular weight is 210 g/mol. The molecule has 78 valence electrons. The molecule has 1 unspecified atom stereocenters. The lowest BCUT2D eigenvalue weighted by atomic mass is 10.2. The Bertz CT molecular complexity index is 294. The zero-order chi connectivity index (χ0) is 10.9. The molecule has 8 heteroatoms. The summed E-state index contributed by atoms with van der Waals surface area (Å²) in [6.07, 6.45) is -5.56. The van der Waals surface area contributed by atoms with E-state index in [1.807, 2.05) is 0 Å². The van der Waals surface area contributed by atoms with Crippen LogP contribution >= 0.6 is 0 Å². The molecule has 1 aliphatic heterocycles. The second-order valence-electron chi connectivity index (χ2n) is 2.50. The molecule has 4 amide bonds. The zero-order valence-electron chi connectivity index (χ0n) is 6.67. The Morgan fingerprint density at radius 2 is 1.93 bits per heavy atom. The third kappa shape index (κ3) is 1.83. The molecule has 1 aliphatic rings. The molecular formula is C6H5F3N2O3. The minimum atomic E-state index is -2.97. The van der Waals surface area contributed by atoms with E-state index in [9.17, 15) is 27.6 Å². The largest absolute Gasteiger partial charge is 0.331 e. The maximum absolute atomic E-state index is 12.6. The molecule has 0 radical (unpaired) electrons. The third-order valence-electron chi connectivity index (χ3n) is 1.51. The van der Waals surface area contributed by atoms with Crippen LogP contribution in [0.5, 0.6) is 0 Å². The molecule has 1 rings (SSSR count). The number of carbonyl (C=O) groups excluding carboxylic acids is 3. The Hall–Kier alpha value is -1.60. The normalized spacial score (nSPS) is 23.0. The highest BCUT2D eigenvalue weighted by Crippen LogP contribution is 2.09. The van der Waals surface area contributed by atoms with Crippen molar-refractivity contribution in [3.8, 4) is 0 Å². The molecule has 14 heavy (non-hydrogen) atoms. The number of urea groups is 1. The second-order valence-corrected chi connectivity index (χ2v) is 2.50. The van der Waals surface area contributed by atoms with E-state index in [1.165, 1.54) is 5.32 Å². The van der Waals surface area contributed by atoms with Crippen LogP contribution in [0.1, 0.15) is 0 Å². The van der Waals surface area contributed by atoms with Crippen molar-refractivity contribution < 1.29 is 27.6 Å². The summed E-state index contributed by atoms with van der Waals surface area (Å²) < 4.78 is 36.3. The van der Waals surface area contributed by atoms with Gasteiger partial charge in [0.1, 0.15) is 0 Å². The van der Waals surface area contributed by atoms with E-state index in [1.54, 1.807) is 0 Å². The average Bonchev–Trinajstić information content (AvgIpc) is 2.09. The highest BCUT2D eigenvalue weighted by atomic mass is 19.3. The predicted molar refractivity (Wildman–Crippen MR) is 36.2 cm³/mol. The number of hydrogen-bond acceptors (Lipinski definition) is 3. The van der Waals surface area contributed by atoms with Crippen molar-refractivity contribution in [2.75, 3.05) is 6.54 Å². The van der Waals surface area contributed by atoms with Gasteiger partial charge in [0.25, 0.3) is 24.4 Å². The summed E-state index contributed by atoms with van der Waals surface area (Å²) in [5.41, 5.74) is 0. The van der Waals surface area contributed by atoms with Crippen molar-refractivity contribution in [1.82, 2.24) is 10.2 Å². The van der Waals surface area contributed by atoms with Crippen LogP contribution in [0.25, 0.3) is 0 Å². The zero-order valence-corrected chi connectivity index (χ0v) is 6.67. The van der Waals surface area contributed by atoms with Crippen molar-refractivity contribution in [2.45, 2.75) is 12.6 Å². The highest BCUT2D eigenvalue weighted by molar-refractivity contribution is 6.18. The summed E-state index contributed by atoms with van der Waals surface area (Å²) >= 11 is 0. The van der Waals surface area contributed by atoms with E-state index in [0.29, 0.717) is 0 Å². The monoisotopic (exact) mass is 210 g/mol. The van der Waals surface area contributed by atoms with Gasteiger partial charge in [0.15, 0.2) is 0 Å². The Labute approximate surface area is 75.8 Å². The summed E-state index contributed by atoms with van der Waals surface area (Å²) in [4.78, 5) is 32.1. The van der Waals surface area contributed by atoms with Crippen LogP contribution in [0, 0.1) is 0 Å². The molecule has 1 N–H and O–H groups in total. The van der Waals surface area contributed by atoms with Crippen LogP contribution in [0.3, 0.4) is 0 Å². The standard InChI is InChI=1S/C6H5F3N2O3/c7-2(8)1-11-5(13)3(9)4(12)10-6(11)14/h2-3H,1H2,(H,10,12,14). The van der Waals surface area contributed by atoms with Gasteiger partial charge in [-0.05, 0) is 0 Å². The van der Waals surface area contributed by atoms with E-state index in [0.717, 1.165) is 0 Å². The van der Waals surface area contributed by atoms with Gasteiger partial charge in [-0.25, -0.2) is 18.0 Å². The van der Waals surface area contributed by atoms with E-state index >= 15 is 0 Å². The molecule has 0 aromatic rings. The van der Waals surface area contributed by atoms with Crippen molar-refractivity contribution in [2.24, 2.45) is 0 Å². The van der Waals surface area contributed by atoms with Gasteiger partial charge in [0.05, 0.1) is 6.54 Å². The number of rotatable bonds is 2. The maximum atomic E-state index is 12.6. The van der Waals surface area contributed by atoms with Crippen LogP contribution in [-0.4, -0.2) is 41.9 Å². The molecule has 1 atom stereocenters. The van der Waals surface area contributed by atoms with Gasteiger partial charge in [-0.2, -0.15) is 0 Å². The number of hydrogen-bond donors (Lipinski definition) is 1. The van der Waals surface area contributed by atoms with E-state index in [-0.39, 0.29) is 4.90 Å². The summed E-state index contributed by atoms with van der Waals surface area (Å²) in [7, 11) is 0. The summed E-state index contributed by atoms with van der Waals surface area (Å²) in [6.45, 7) is -1.22. The molecule has 1 saturated heterocycles. The number of carbonyl (C=O) groups is 3. The molecule has 0 saturated carbocycles. The van der Waals surface area contributed by atoms with Gasteiger partial charge in [-0.3, -0.25) is 19.8 Å². The number of halogens is 3. The number of nitrogens with zero attached hydrogens (tertiary/aromatic N) is 1. The van der Waals surface area contributed by atoms with Crippen molar-refractivity contribution >= 4 is 17.8 Å². The van der Waals surface area contributed by atoms with Crippen LogP contribution in [0.4, 0.5) is 18.0 Å². The van der Waals surface area contributed by atoms with Gasteiger partial charge in [0, 0.05) is 0 Å². The first-order valence-corrected chi connectivity index (χ1v) is 3.52. The SMILES string of the molecule is O=C1NC(=O)N(CC(F)F)C(=O)C1F. The lowest BCUT2D eigenvalue weighted by Gasteiger charge is -2.25. The van der Waals surface area contributed by atoms with Crippen molar-refractivity contribution in [3.05, 3.63) is 0 Å². The quantitative estimate of drug-likeness (QED) is 0.634. The van der Waals surface area contributed by atoms with Crippen LogP contribution in [0.2, 0.25) is 0 Å². The molecule has 0 aliphatic carbocycles. The highest BCUT2D eigenvalue weighted by Gasteiger charge is 2.41. The fraction of sp³-hybridized carbons (Fsp3) is 0.500. The minimum Gasteiger partial charge on any atom is -0.275 e. The first kappa shape index (κ1) is 10.5. The molecule has 5 nitrogen and oxygen atoms in total. The van der Waals surface area contributed by atoms with E-state index < -0.39 is 37.0 Å².